The fraction of sp³-hybridized carbons (Fsp3) is 0.267. The Morgan fingerprint density at radius 2 is 2.04 bits per heavy atom. The van der Waals surface area contributed by atoms with Gasteiger partial charge in [0.2, 0.25) is 11.6 Å². The molecule has 1 unspecified atom stereocenters. The second kappa shape index (κ2) is 5.99. The van der Waals surface area contributed by atoms with Crippen molar-refractivity contribution < 1.29 is 33.7 Å². The van der Waals surface area contributed by atoms with Gasteiger partial charge in [-0.25, -0.2) is 4.79 Å². The van der Waals surface area contributed by atoms with Gasteiger partial charge in [-0.15, -0.1) is 0 Å². The number of amides is 1. The van der Waals surface area contributed by atoms with E-state index in [2.05, 4.69) is 0 Å². The van der Waals surface area contributed by atoms with Crippen molar-refractivity contribution in [2.24, 2.45) is 0 Å². The van der Waals surface area contributed by atoms with Gasteiger partial charge in [0.15, 0.2) is 5.60 Å². The summed E-state index contributed by atoms with van der Waals surface area (Å²) in [6, 6.07) is 6.54. The van der Waals surface area contributed by atoms with Crippen LogP contribution >= 0.6 is 0 Å². The number of esters is 1. The summed E-state index contributed by atoms with van der Waals surface area (Å²) in [7, 11) is 1.47. The number of Topliss-reactive ketones (excluding diaryl/α,β-unsaturated/α-hetero) is 1. The second-order valence-corrected chi connectivity index (χ2v) is 4.88. The molecule has 1 aromatic carbocycles. The first kappa shape index (κ1) is 16.3. The minimum Gasteiger partial charge on any atom is -0.497 e. The zero-order valence-corrected chi connectivity index (χ0v) is 12.7. The van der Waals surface area contributed by atoms with Crippen molar-refractivity contribution in [3.63, 3.8) is 0 Å². The lowest BCUT2D eigenvalue weighted by molar-refractivity contribution is -0.142. The smallest absolute Gasteiger partial charge is 0.411 e. The molecule has 1 aliphatic rings. The van der Waals surface area contributed by atoms with E-state index in [0.29, 0.717) is 11.3 Å². The summed E-state index contributed by atoms with van der Waals surface area (Å²) in [5, 5.41) is 10.8. The molecule has 0 radical (unpaired) electrons. The number of methoxy groups -OCH3 is 1. The molecule has 0 saturated carbocycles. The van der Waals surface area contributed by atoms with E-state index in [0.717, 1.165) is 6.92 Å². The zero-order valence-electron chi connectivity index (χ0n) is 12.7. The highest BCUT2D eigenvalue weighted by molar-refractivity contribution is 6.04. The van der Waals surface area contributed by atoms with Crippen molar-refractivity contribution in [1.29, 1.82) is 0 Å². The van der Waals surface area contributed by atoms with Crippen LogP contribution in [0.1, 0.15) is 19.4 Å². The van der Waals surface area contributed by atoms with E-state index < -0.39 is 35.1 Å². The fourth-order valence-corrected chi connectivity index (χ4v) is 2.14. The Kier molecular flexibility index (Phi) is 4.26. The quantitative estimate of drug-likeness (QED) is 0.808. The Bertz CT molecular complexity index is 710. The van der Waals surface area contributed by atoms with Crippen molar-refractivity contribution in [3.05, 3.63) is 41.5 Å². The number of carbonyl (C=O) groups is 3. The summed E-state index contributed by atoms with van der Waals surface area (Å²) in [4.78, 5) is 34.6. The van der Waals surface area contributed by atoms with Crippen molar-refractivity contribution in [1.82, 2.24) is 5.32 Å². The molecular formula is C15H15NO7. The van der Waals surface area contributed by atoms with Gasteiger partial charge in [-0.3, -0.25) is 14.9 Å². The highest BCUT2D eigenvalue weighted by Crippen LogP contribution is 2.39. The summed E-state index contributed by atoms with van der Waals surface area (Å²) in [5.41, 5.74) is -1.12. The molecule has 8 heteroatoms. The number of ether oxygens (including phenoxy) is 3. The third kappa shape index (κ3) is 3.10. The first-order valence-corrected chi connectivity index (χ1v) is 6.59. The van der Waals surface area contributed by atoms with Crippen molar-refractivity contribution in [2.75, 3.05) is 7.11 Å². The SMILES string of the molecule is COc1cccc(C2(C)OC(NC(=O)O)=C(OC(C)=O)C2=O)c1. The van der Waals surface area contributed by atoms with Crippen LogP contribution in [0, 0.1) is 0 Å². The van der Waals surface area contributed by atoms with Gasteiger partial charge in [0.25, 0.3) is 5.78 Å². The van der Waals surface area contributed by atoms with E-state index >= 15 is 0 Å². The number of hydrogen-bond acceptors (Lipinski definition) is 6. The Hall–Kier alpha value is -3.03. The van der Waals surface area contributed by atoms with Crippen LogP contribution in [0.4, 0.5) is 4.79 Å². The molecule has 0 bridgehead atoms. The Morgan fingerprint density at radius 3 is 2.61 bits per heavy atom. The Labute approximate surface area is 131 Å². The molecule has 23 heavy (non-hydrogen) atoms. The zero-order chi connectivity index (χ0) is 17.2. The number of rotatable bonds is 4. The molecule has 122 valence electrons. The molecule has 1 atom stereocenters. The topological polar surface area (TPSA) is 111 Å². The molecule has 0 saturated heterocycles. The van der Waals surface area contributed by atoms with Crippen LogP contribution in [0.3, 0.4) is 0 Å². The lowest BCUT2D eigenvalue weighted by atomic mass is 9.91. The summed E-state index contributed by atoms with van der Waals surface area (Å²) < 4.78 is 15.4. The lowest BCUT2D eigenvalue weighted by Gasteiger charge is -2.23. The summed E-state index contributed by atoms with van der Waals surface area (Å²) in [6.07, 6.45) is -1.45. The molecule has 8 nitrogen and oxygen atoms in total. The predicted molar refractivity (Wildman–Crippen MR) is 76.4 cm³/mol. The number of ketones is 1. The third-order valence-corrected chi connectivity index (χ3v) is 3.24. The molecule has 1 heterocycles. The van der Waals surface area contributed by atoms with Gasteiger partial charge in [-0.2, -0.15) is 0 Å². The average Bonchev–Trinajstić information content (AvgIpc) is 2.72. The fourth-order valence-electron chi connectivity index (χ4n) is 2.14. The van der Waals surface area contributed by atoms with Gasteiger partial charge in [0.1, 0.15) is 5.75 Å². The van der Waals surface area contributed by atoms with Crippen LogP contribution in [0.2, 0.25) is 0 Å². The normalized spacial score (nSPS) is 20.0. The van der Waals surface area contributed by atoms with Crippen LogP contribution in [0.5, 0.6) is 5.75 Å². The summed E-state index contributed by atoms with van der Waals surface area (Å²) >= 11 is 0. The van der Waals surface area contributed by atoms with Crippen molar-refractivity contribution in [3.8, 4) is 5.75 Å². The highest BCUT2D eigenvalue weighted by Gasteiger charge is 2.50. The van der Waals surface area contributed by atoms with Crippen LogP contribution in [0.25, 0.3) is 0 Å². The van der Waals surface area contributed by atoms with Gasteiger partial charge >= 0.3 is 12.1 Å². The van der Waals surface area contributed by atoms with Gasteiger partial charge in [-0.05, 0) is 19.1 Å². The first-order chi connectivity index (χ1) is 10.8. The van der Waals surface area contributed by atoms with Gasteiger partial charge in [-0.1, -0.05) is 12.1 Å². The molecule has 2 rings (SSSR count). The molecular weight excluding hydrogens is 306 g/mol. The molecule has 0 spiro atoms. The molecule has 0 fully saturated rings. The highest BCUT2D eigenvalue weighted by atomic mass is 16.6. The number of hydrogen-bond donors (Lipinski definition) is 2. The second-order valence-electron chi connectivity index (χ2n) is 4.88. The van der Waals surface area contributed by atoms with Gasteiger partial charge in [0, 0.05) is 12.5 Å². The Balaban J connectivity index is 2.44. The molecule has 1 aromatic rings. The van der Waals surface area contributed by atoms with Crippen LogP contribution in [-0.2, 0) is 24.7 Å². The predicted octanol–water partition coefficient (Wildman–Crippen LogP) is 1.51. The average molecular weight is 321 g/mol. The molecule has 0 aromatic heterocycles. The van der Waals surface area contributed by atoms with E-state index in [1.165, 1.54) is 14.0 Å². The lowest BCUT2D eigenvalue weighted by Crippen LogP contribution is -2.32. The van der Waals surface area contributed by atoms with E-state index in [4.69, 9.17) is 19.3 Å². The molecule has 1 amide bonds. The van der Waals surface area contributed by atoms with Gasteiger partial charge < -0.3 is 19.3 Å². The molecule has 1 aliphatic heterocycles. The van der Waals surface area contributed by atoms with E-state index in [9.17, 15) is 14.4 Å². The summed E-state index contributed by atoms with van der Waals surface area (Å²) in [5.74, 6) is -1.86. The van der Waals surface area contributed by atoms with Gasteiger partial charge in [0.05, 0.1) is 7.11 Å². The number of benzene rings is 1. The Morgan fingerprint density at radius 1 is 1.35 bits per heavy atom. The maximum absolute atomic E-state index is 12.6. The van der Waals surface area contributed by atoms with Crippen molar-refractivity contribution >= 4 is 17.8 Å². The number of nitrogens with one attached hydrogen (secondary N) is 1. The minimum absolute atomic E-state index is 0.425. The molecule has 0 aliphatic carbocycles. The maximum atomic E-state index is 12.6. The number of carboxylic acid groups (broad SMARTS) is 1. The summed E-state index contributed by atoms with van der Waals surface area (Å²) in [6.45, 7) is 2.55. The monoisotopic (exact) mass is 321 g/mol. The maximum Gasteiger partial charge on any atom is 0.411 e. The van der Waals surface area contributed by atoms with Crippen LogP contribution < -0.4 is 10.1 Å². The van der Waals surface area contributed by atoms with E-state index in [-0.39, 0.29) is 0 Å². The largest absolute Gasteiger partial charge is 0.497 e. The van der Waals surface area contributed by atoms with Crippen LogP contribution in [-0.4, -0.2) is 30.1 Å². The van der Waals surface area contributed by atoms with Crippen LogP contribution in [0.15, 0.2) is 35.9 Å². The standard InChI is InChI=1S/C15H15NO7/c1-8(17)22-11-12(18)15(2,23-13(11)16-14(19)20)9-5-4-6-10(7-9)21-3/h4-7,16H,1-3H3,(H,19,20). The minimum atomic E-state index is -1.54. The number of carbonyl (C=O) groups excluding carboxylic acids is 2. The van der Waals surface area contributed by atoms with E-state index in [1.807, 2.05) is 5.32 Å². The van der Waals surface area contributed by atoms with E-state index in [1.54, 1.807) is 24.3 Å². The first-order valence-electron chi connectivity index (χ1n) is 6.59. The van der Waals surface area contributed by atoms with Crippen molar-refractivity contribution in [2.45, 2.75) is 19.4 Å². The third-order valence-electron chi connectivity index (χ3n) is 3.24. The molecule has 2 N–H and O–H groups in total.